The minimum absolute atomic E-state index is 0.0436. The van der Waals surface area contributed by atoms with E-state index in [2.05, 4.69) is 31.0 Å². The van der Waals surface area contributed by atoms with Gasteiger partial charge in [-0.1, -0.05) is 19.9 Å². The molecule has 0 aliphatic rings. The van der Waals surface area contributed by atoms with Crippen LogP contribution in [-0.2, 0) is 0 Å². The third-order valence-corrected chi connectivity index (χ3v) is 3.38. The van der Waals surface area contributed by atoms with Crippen molar-refractivity contribution in [2.24, 2.45) is 0 Å². The normalized spacial score (nSPS) is 12.5. The number of benzene rings is 1. The van der Waals surface area contributed by atoms with Gasteiger partial charge in [0.2, 0.25) is 0 Å². The molecule has 1 atom stereocenters. The Morgan fingerprint density at radius 3 is 2.53 bits per heavy atom. The van der Waals surface area contributed by atoms with E-state index < -0.39 is 0 Å². The summed E-state index contributed by atoms with van der Waals surface area (Å²) >= 11 is 0. The Kier molecular flexibility index (Phi) is 6.85. The molecule has 1 N–H and O–H groups in total. The van der Waals surface area contributed by atoms with E-state index >= 15 is 0 Å². The molecule has 108 valence electrons. The first-order chi connectivity index (χ1) is 9.15. The van der Waals surface area contributed by atoms with Gasteiger partial charge >= 0.3 is 0 Å². The average Bonchev–Trinajstić information content (AvgIpc) is 2.41. The van der Waals surface area contributed by atoms with E-state index in [0.717, 1.165) is 43.7 Å². The summed E-state index contributed by atoms with van der Waals surface area (Å²) in [4.78, 5) is 2.25. The van der Waals surface area contributed by atoms with E-state index in [1.807, 2.05) is 13.0 Å². The number of hydrogen-bond acceptors (Lipinski definition) is 2. The highest BCUT2D eigenvalue weighted by atomic mass is 19.1. The molecule has 1 unspecified atom stereocenters. The van der Waals surface area contributed by atoms with Crippen LogP contribution < -0.4 is 10.2 Å². The molecular weight excluding hydrogens is 239 g/mol. The number of anilines is 1. The Bertz CT molecular complexity index is 379. The van der Waals surface area contributed by atoms with Crippen molar-refractivity contribution in [2.75, 3.05) is 24.5 Å². The van der Waals surface area contributed by atoms with Crippen molar-refractivity contribution in [3.63, 3.8) is 0 Å². The highest BCUT2D eigenvalue weighted by Gasteiger charge is 2.18. The second kappa shape index (κ2) is 8.16. The predicted octanol–water partition coefficient (Wildman–Crippen LogP) is 4.12. The van der Waals surface area contributed by atoms with Crippen LogP contribution in [0.2, 0.25) is 0 Å². The fourth-order valence-electron chi connectivity index (χ4n) is 2.41. The Morgan fingerprint density at radius 2 is 1.95 bits per heavy atom. The van der Waals surface area contributed by atoms with E-state index in [9.17, 15) is 4.39 Å². The quantitative estimate of drug-likeness (QED) is 0.761. The zero-order chi connectivity index (χ0) is 14.3. The molecule has 19 heavy (non-hydrogen) atoms. The fraction of sp³-hybridized carbons (Fsp3) is 0.625. The molecule has 1 aromatic carbocycles. The van der Waals surface area contributed by atoms with Gasteiger partial charge in [-0.25, -0.2) is 4.39 Å². The highest BCUT2D eigenvalue weighted by molar-refractivity contribution is 5.55. The molecule has 0 amide bonds. The van der Waals surface area contributed by atoms with E-state index in [1.54, 1.807) is 12.1 Å². The van der Waals surface area contributed by atoms with Crippen molar-refractivity contribution in [1.82, 2.24) is 5.32 Å². The molecule has 0 saturated heterocycles. The van der Waals surface area contributed by atoms with Crippen LogP contribution in [-0.4, -0.2) is 19.6 Å². The van der Waals surface area contributed by atoms with Gasteiger partial charge in [0.15, 0.2) is 0 Å². The second-order valence-corrected chi connectivity index (χ2v) is 4.93. The van der Waals surface area contributed by atoms with E-state index in [4.69, 9.17) is 0 Å². The Morgan fingerprint density at radius 1 is 1.21 bits per heavy atom. The van der Waals surface area contributed by atoms with Crippen molar-refractivity contribution in [2.45, 2.75) is 46.6 Å². The summed E-state index contributed by atoms with van der Waals surface area (Å²) in [5.41, 5.74) is 1.83. The second-order valence-electron chi connectivity index (χ2n) is 4.93. The van der Waals surface area contributed by atoms with Gasteiger partial charge in [-0.3, -0.25) is 0 Å². The Labute approximate surface area is 117 Å². The molecular formula is C16H27FN2. The van der Waals surface area contributed by atoms with Crippen LogP contribution >= 0.6 is 0 Å². The molecule has 0 saturated carbocycles. The molecule has 0 radical (unpaired) electrons. The third-order valence-electron chi connectivity index (χ3n) is 3.38. The first-order valence-corrected chi connectivity index (χ1v) is 7.42. The average molecular weight is 266 g/mol. The van der Waals surface area contributed by atoms with Crippen LogP contribution in [0.5, 0.6) is 0 Å². The van der Waals surface area contributed by atoms with Crippen LogP contribution in [0.4, 0.5) is 10.1 Å². The lowest BCUT2D eigenvalue weighted by molar-refractivity contribution is 0.526. The van der Waals surface area contributed by atoms with Crippen molar-refractivity contribution in [3.05, 3.63) is 29.6 Å². The summed E-state index contributed by atoms with van der Waals surface area (Å²) in [6.07, 6.45) is 2.13. The van der Waals surface area contributed by atoms with Crippen LogP contribution in [0, 0.1) is 5.82 Å². The third kappa shape index (κ3) is 4.20. The summed E-state index contributed by atoms with van der Waals surface area (Å²) in [6.45, 7) is 11.2. The van der Waals surface area contributed by atoms with Gasteiger partial charge in [0.1, 0.15) is 5.82 Å². The first kappa shape index (κ1) is 16.0. The topological polar surface area (TPSA) is 15.3 Å². The number of rotatable bonds is 8. The van der Waals surface area contributed by atoms with Gasteiger partial charge in [-0.05, 0) is 45.4 Å². The standard InChI is InChI=1S/C16H27FN2/c1-5-11-18-13(4)16-14(17)9-8-10-15(16)19(7-3)12-6-2/h8-10,13,18H,5-7,11-12H2,1-4H3. The SMILES string of the molecule is CCCNC(C)c1c(F)cccc1N(CC)CCC. The number of halogens is 1. The van der Waals surface area contributed by atoms with Gasteiger partial charge < -0.3 is 10.2 Å². The summed E-state index contributed by atoms with van der Waals surface area (Å²) in [7, 11) is 0. The monoisotopic (exact) mass is 266 g/mol. The minimum Gasteiger partial charge on any atom is -0.371 e. The molecule has 0 aliphatic heterocycles. The molecule has 0 heterocycles. The Hall–Kier alpha value is -1.09. The number of nitrogens with one attached hydrogen (secondary N) is 1. The van der Waals surface area contributed by atoms with Crippen LogP contribution in [0.25, 0.3) is 0 Å². The minimum atomic E-state index is -0.108. The van der Waals surface area contributed by atoms with E-state index in [1.165, 1.54) is 0 Å². The molecule has 1 rings (SSSR count). The summed E-state index contributed by atoms with van der Waals surface area (Å²) in [5.74, 6) is -0.108. The molecule has 0 spiro atoms. The van der Waals surface area contributed by atoms with Gasteiger partial charge in [0, 0.05) is 30.4 Å². The maximum atomic E-state index is 14.2. The predicted molar refractivity (Wildman–Crippen MR) is 81.3 cm³/mol. The maximum absolute atomic E-state index is 14.2. The highest BCUT2D eigenvalue weighted by Crippen LogP contribution is 2.29. The first-order valence-electron chi connectivity index (χ1n) is 7.42. The zero-order valence-electron chi connectivity index (χ0n) is 12.7. The Balaban J connectivity index is 3.06. The van der Waals surface area contributed by atoms with Gasteiger partial charge in [-0.2, -0.15) is 0 Å². The largest absolute Gasteiger partial charge is 0.371 e. The summed E-state index contributed by atoms with van der Waals surface area (Å²) < 4.78 is 14.2. The molecule has 3 heteroatoms. The fourth-order valence-corrected chi connectivity index (χ4v) is 2.41. The maximum Gasteiger partial charge on any atom is 0.130 e. The molecule has 0 aromatic heterocycles. The van der Waals surface area contributed by atoms with Crippen LogP contribution in [0.3, 0.4) is 0 Å². The lowest BCUT2D eigenvalue weighted by atomic mass is 10.0. The van der Waals surface area contributed by atoms with Gasteiger partial charge in [0.25, 0.3) is 0 Å². The zero-order valence-corrected chi connectivity index (χ0v) is 12.7. The van der Waals surface area contributed by atoms with Crippen molar-refractivity contribution in [1.29, 1.82) is 0 Å². The van der Waals surface area contributed by atoms with Crippen molar-refractivity contribution < 1.29 is 4.39 Å². The van der Waals surface area contributed by atoms with Crippen LogP contribution in [0.1, 0.15) is 52.1 Å². The molecule has 2 nitrogen and oxygen atoms in total. The van der Waals surface area contributed by atoms with E-state index in [0.29, 0.717) is 0 Å². The summed E-state index contributed by atoms with van der Waals surface area (Å²) in [6, 6.07) is 5.44. The number of hydrogen-bond donors (Lipinski definition) is 1. The van der Waals surface area contributed by atoms with Crippen LogP contribution in [0.15, 0.2) is 18.2 Å². The lowest BCUT2D eigenvalue weighted by Gasteiger charge is -2.28. The summed E-state index contributed by atoms with van der Waals surface area (Å²) in [5, 5.41) is 3.38. The molecule has 0 aliphatic carbocycles. The van der Waals surface area contributed by atoms with E-state index in [-0.39, 0.29) is 11.9 Å². The molecule has 0 bridgehead atoms. The van der Waals surface area contributed by atoms with Gasteiger partial charge in [-0.15, -0.1) is 0 Å². The lowest BCUT2D eigenvalue weighted by Crippen LogP contribution is -2.28. The van der Waals surface area contributed by atoms with Gasteiger partial charge in [0.05, 0.1) is 0 Å². The van der Waals surface area contributed by atoms with Crippen molar-refractivity contribution in [3.8, 4) is 0 Å². The van der Waals surface area contributed by atoms with Crippen molar-refractivity contribution >= 4 is 5.69 Å². The smallest absolute Gasteiger partial charge is 0.130 e. The number of nitrogens with zero attached hydrogens (tertiary/aromatic N) is 1. The molecule has 1 aromatic rings. The molecule has 0 fully saturated rings.